The quantitative estimate of drug-likeness (QED) is 0.907. The van der Waals surface area contributed by atoms with Crippen LogP contribution in [0.15, 0.2) is 36.7 Å². The van der Waals surface area contributed by atoms with Gasteiger partial charge < -0.3 is 9.84 Å². The minimum Gasteiger partial charge on any atom is -0.478 e. The molecule has 0 unspecified atom stereocenters. The molecule has 0 saturated heterocycles. The monoisotopic (exact) mass is 250 g/mol. The lowest BCUT2D eigenvalue weighted by molar-refractivity contribution is 0.0696. The molecule has 0 fully saturated rings. The van der Waals surface area contributed by atoms with Gasteiger partial charge in [0.05, 0.1) is 10.6 Å². The summed E-state index contributed by atoms with van der Waals surface area (Å²) in [5.74, 6) is -0.675. The highest BCUT2D eigenvalue weighted by Gasteiger charge is 2.07. The predicted octanol–water partition coefficient (Wildman–Crippen LogP) is 2.62. The van der Waals surface area contributed by atoms with E-state index in [4.69, 9.17) is 21.4 Å². The summed E-state index contributed by atoms with van der Waals surface area (Å²) in [7, 11) is 0. The fourth-order valence-electron chi connectivity index (χ4n) is 1.11. The van der Waals surface area contributed by atoms with Crippen LogP contribution in [-0.4, -0.2) is 21.0 Å². The number of hydrogen-bond donors (Lipinski definition) is 1. The number of benzene rings is 1. The number of carboxylic acids is 1. The number of aromatic carboxylic acids is 1. The van der Waals surface area contributed by atoms with Gasteiger partial charge in [0.1, 0.15) is 5.75 Å². The molecular weight excluding hydrogens is 244 g/mol. The highest BCUT2D eigenvalue weighted by atomic mass is 35.5. The Morgan fingerprint density at radius 3 is 2.47 bits per heavy atom. The van der Waals surface area contributed by atoms with Gasteiger partial charge in [-0.2, -0.15) is 0 Å². The summed E-state index contributed by atoms with van der Waals surface area (Å²) in [6.07, 6.45) is 2.34. The average molecular weight is 251 g/mol. The van der Waals surface area contributed by atoms with Gasteiger partial charge in [0, 0.05) is 12.4 Å². The second-order valence-corrected chi connectivity index (χ2v) is 3.50. The normalized spacial score (nSPS) is 9.94. The van der Waals surface area contributed by atoms with Gasteiger partial charge in [0.25, 0.3) is 0 Å². The van der Waals surface area contributed by atoms with Crippen LogP contribution in [0.3, 0.4) is 0 Å². The molecule has 0 aliphatic rings. The highest BCUT2D eigenvalue weighted by molar-refractivity contribution is 6.32. The van der Waals surface area contributed by atoms with Gasteiger partial charge in [-0.25, -0.2) is 14.8 Å². The van der Waals surface area contributed by atoms with Crippen molar-refractivity contribution < 1.29 is 14.6 Å². The molecule has 17 heavy (non-hydrogen) atoms. The van der Waals surface area contributed by atoms with Crippen LogP contribution < -0.4 is 4.74 Å². The predicted molar refractivity (Wildman–Crippen MR) is 60.5 cm³/mol. The Hall–Kier alpha value is -2.14. The number of nitrogens with zero attached hydrogens (tertiary/aromatic N) is 2. The number of carbonyl (C=O) groups is 1. The van der Waals surface area contributed by atoms with Crippen molar-refractivity contribution in [3.8, 4) is 11.8 Å². The van der Waals surface area contributed by atoms with Gasteiger partial charge in [-0.1, -0.05) is 23.7 Å². The van der Waals surface area contributed by atoms with Crippen LogP contribution >= 0.6 is 11.6 Å². The van der Waals surface area contributed by atoms with E-state index in [1.54, 1.807) is 24.3 Å². The fourth-order valence-corrected chi connectivity index (χ4v) is 1.28. The summed E-state index contributed by atoms with van der Waals surface area (Å²) in [6.45, 7) is 0. The van der Waals surface area contributed by atoms with Crippen LogP contribution in [0.5, 0.6) is 11.8 Å². The molecule has 0 amide bonds. The Morgan fingerprint density at radius 2 is 1.88 bits per heavy atom. The van der Waals surface area contributed by atoms with Crippen LogP contribution in [0.25, 0.3) is 0 Å². The van der Waals surface area contributed by atoms with E-state index < -0.39 is 5.97 Å². The van der Waals surface area contributed by atoms with E-state index in [0.717, 1.165) is 0 Å². The molecule has 0 atom stereocenters. The Balaban J connectivity index is 2.20. The first kappa shape index (κ1) is 11.3. The van der Waals surface area contributed by atoms with E-state index in [1.165, 1.54) is 12.4 Å². The first-order chi connectivity index (χ1) is 8.16. The lowest BCUT2D eigenvalue weighted by Crippen LogP contribution is -1.99. The third kappa shape index (κ3) is 2.70. The fraction of sp³-hybridized carbons (Fsp3) is 0. The standard InChI is InChI=1S/C11H7ClN2O3/c12-8-3-1-2-4-9(8)17-11-13-5-7(6-14-11)10(15)16/h1-6H,(H,15,16). The van der Waals surface area contributed by atoms with Gasteiger partial charge in [0.2, 0.25) is 0 Å². The Kier molecular flexibility index (Phi) is 3.20. The zero-order valence-corrected chi connectivity index (χ0v) is 9.26. The average Bonchev–Trinajstić information content (AvgIpc) is 2.33. The minimum atomic E-state index is -1.09. The van der Waals surface area contributed by atoms with Crippen molar-refractivity contribution in [1.82, 2.24) is 9.97 Å². The maximum atomic E-state index is 10.6. The number of para-hydroxylation sites is 1. The molecular formula is C11H7ClN2O3. The van der Waals surface area contributed by atoms with E-state index in [2.05, 4.69) is 9.97 Å². The van der Waals surface area contributed by atoms with Crippen LogP contribution in [0.4, 0.5) is 0 Å². The van der Waals surface area contributed by atoms with E-state index in [1.807, 2.05) is 0 Å². The smallest absolute Gasteiger partial charge is 0.338 e. The highest BCUT2D eigenvalue weighted by Crippen LogP contribution is 2.26. The third-order valence-electron chi connectivity index (χ3n) is 1.91. The second kappa shape index (κ2) is 4.80. The lowest BCUT2D eigenvalue weighted by Gasteiger charge is -2.04. The van der Waals surface area contributed by atoms with Crippen LogP contribution in [0, 0.1) is 0 Å². The summed E-state index contributed by atoms with van der Waals surface area (Å²) in [5, 5.41) is 9.10. The molecule has 0 saturated carbocycles. The lowest BCUT2D eigenvalue weighted by atomic mass is 10.3. The summed E-state index contributed by atoms with van der Waals surface area (Å²) in [6, 6.07) is 6.90. The largest absolute Gasteiger partial charge is 0.478 e. The topological polar surface area (TPSA) is 72.3 Å². The molecule has 0 radical (unpaired) electrons. The summed E-state index contributed by atoms with van der Waals surface area (Å²) < 4.78 is 5.30. The van der Waals surface area contributed by atoms with Crippen molar-refractivity contribution in [3.63, 3.8) is 0 Å². The van der Waals surface area contributed by atoms with Crippen molar-refractivity contribution in [3.05, 3.63) is 47.2 Å². The molecule has 1 heterocycles. The number of rotatable bonds is 3. The first-order valence-corrected chi connectivity index (χ1v) is 5.02. The molecule has 1 aromatic carbocycles. The van der Waals surface area contributed by atoms with Crippen molar-refractivity contribution in [2.24, 2.45) is 0 Å². The Labute approximate surface area is 102 Å². The van der Waals surface area contributed by atoms with E-state index in [9.17, 15) is 4.79 Å². The van der Waals surface area contributed by atoms with E-state index >= 15 is 0 Å². The van der Waals surface area contributed by atoms with E-state index in [0.29, 0.717) is 10.8 Å². The molecule has 0 aliphatic heterocycles. The van der Waals surface area contributed by atoms with Crippen LogP contribution in [-0.2, 0) is 0 Å². The van der Waals surface area contributed by atoms with Gasteiger partial charge in [-0.3, -0.25) is 0 Å². The van der Waals surface area contributed by atoms with Crippen molar-refractivity contribution in [1.29, 1.82) is 0 Å². The number of halogens is 1. The molecule has 1 N–H and O–H groups in total. The summed E-state index contributed by atoms with van der Waals surface area (Å²) in [4.78, 5) is 18.1. The Bertz CT molecular complexity index is 543. The SMILES string of the molecule is O=C(O)c1cnc(Oc2ccccc2Cl)nc1. The summed E-state index contributed by atoms with van der Waals surface area (Å²) in [5.41, 5.74) is -0.00323. The second-order valence-electron chi connectivity index (χ2n) is 3.09. The van der Waals surface area contributed by atoms with Crippen LogP contribution in [0.2, 0.25) is 5.02 Å². The maximum absolute atomic E-state index is 10.6. The number of ether oxygens (including phenoxy) is 1. The van der Waals surface area contributed by atoms with Crippen LogP contribution in [0.1, 0.15) is 10.4 Å². The van der Waals surface area contributed by atoms with Gasteiger partial charge >= 0.3 is 12.0 Å². The molecule has 0 aliphatic carbocycles. The van der Waals surface area contributed by atoms with Gasteiger partial charge in [0.15, 0.2) is 0 Å². The van der Waals surface area contributed by atoms with E-state index in [-0.39, 0.29) is 11.6 Å². The minimum absolute atomic E-state index is 0.00323. The van der Waals surface area contributed by atoms with Gasteiger partial charge in [-0.15, -0.1) is 0 Å². The number of aromatic nitrogens is 2. The summed E-state index contributed by atoms with van der Waals surface area (Å²) >= 11 is 5.88. The Morgan fingerprint density at radius 1 is 1.24 bits per heavy atom. The molecule has 5 nitrogen and oxygen atoms in total. The van der Waals surface area contributed by atoms with Crippen molar-refractivity contribution in [2.75, 3.05) is 0 Å². The zero-order valence-electron chi connectivity index (χ0n) is 8.50. The molecule has 2 rings (SSSR count). The molecule has 2 aromatic rings. The number of carboxylic acid groups (broad SMARTS) is 1. The molecule has 86 valence electrons. The molecule has 6 heteroatoms. The molecule has 0 spiro atoms. The van der Waals surface area contributed by atoms with Crippen molar-refractivity contribution in [2.45, 2.75) is 0 Å². The zero-order chi connectivity index (χ0) is 12.3. The third-order valence-corrected chi connectivity index (χ3v) is 2.23. The van der Waals surface area contributed by atoms with Gasteiger partial charge in [-0.05, 0) is 12.1 Å². The maximum Gasteiger partial charge on any atom is 0.338 e. The van der Waals surface area contributed by atoms with Crippen molar-refractivity contribution >= 4 is 17.6 Å². The molecule has 0 bridgehead atoms. The molecule has 1 aromatic heterocycles. The number of hydrogen-bond acceptors (Lipinski definition) is 4. The first-order valence-electron chi connectivity index (χ1n) is 4.64.